The zero-order chi connectivity index (χ0) is 15.1. The Bertz CT molecular complexity index is 455. The predicted molar refractivity (Wildman–Crippen MR) is 80.6 cm³/mol. The Morgan fingerprint density at radius 3 is 2.35 bits per heavy atom. The van der Waals surface area contributed by atoms with E-state index in [0.717, 1.165) is 12.8 Å². The van der Waals surface area contributed by atoms with Crippen LogP contribution in [-0.4, -0.2) is 36.9 Å². The van der Waals surface area contributed by atoms with Gasteiger partial charge in [-0.1, -0.05) is 19.8 Å². The van der Waals surface area contributed by atoms with E-state index in [1.807, 2.05) is 0 Å². The highest BCUT2D eigenvalue weighted by Gasteiger charge is 2.13. The van der Waals surface area contributed by atoms with Crippen molar-refractivity contribution < 1.29 is 9.59 Å². The summed E-state index contributed by atoms with van der Waals surface area (Å²) < 4.78 is 0. The zero-order valence-corrected chi connectivity index (χ0v) is 12.3. The summed E-state index contributed by atoms with van der Waals surface area (Å²) in [7, 11) is 3.40. The number of amides is 2. The third-order valence-corrected chi connectivity index (χ3v) is 3.01. The number of anilines is 1. The summed E-state index contributed by atoms with van der Waals surface area (Å²) in [5, 5.41) is 2.76. The lowest BCUT2D eigenvalue weighted by molar-refractivity contribution is -0.117. The van der Waals surface area contributed by atoms with Crippen LogP contribution < -0.4 is 11.1 Å². The van der Waals surface area contributed by atoms with Gasteiger partial charge in [0.25, 0.3) is 5.91 Å². The summed E-state index contributed by atoms with van der Waals surface area (Å²) in [5.74, 6) is -0.257. The van der Waals surface area contributed by atoms with Crippen LogP contribution in [0.1, 0.15) is 36.5 Å². The maximum absolute atomic E-state index is 11.8. The Morgan fingerprint density at radius 2 is 1.85 bits per heavy atom. The third kappa shape index (κ3) is 4.66. The minimum absolute atomic E-state index is 0.0671. The molecule has 0 aliphatic rings. The van der Waals surface area contributed by atoms with Gasteiger partial charge in [0, 0.05) is 25.3 Å². The monoisotopic (exact) mass is 277 g/mol. The van der Waals surface area contributed by atoms with E-state index < -0.39 is 6.04 Å². The van der Waals surface area contributed by atoms with Crippen LogP contribution in [0.4, 0.5) is 5.69 Å². The number of carbonyl (C=O) groups excluding carboxylic acids is 2. The van der Waals surface area contributed by atoms with Crippen molar-refractivity contribution in [3.8, 4) is 0 Å². The van der Waals surface area contributed by atoms with Gasteiger partial charge in [0.1, 0.15) is 0 Å². The van der Waals surface area contributed by atoms with Crippen LogP contribution in [0.2, 0.25) is 0 Å². The Kier molecular flexibility index (Phi) is 6.18. The molecule has 20 heavy (non-hydrogen) atoms. The second-order valence-corrected chi connectivity index (χ2v) is 5.01. The molecule has 1 atom stereocenters. The van der Waals surface area contributed by atoms with Gasteiger partial charge >= 0.3 is 0 Å². The molecule has 0 saturated heterocycles. The fraction of sp³-hybridized carbons (Fsp3) is 0.467. The van der Waals surface area contributed by atoms with E-state index >= 15 is 0 Å². The molecule has 1 aromatic rings. The highest BCUT2D eigenvalue weighted by Crippen LogP contribution is 2.11. The zero-order valence-electron chi connectivity index (χ0n) is 12.3. The van der Waals surface area contributed by atoms with E-state index in [2.05, 4.69) is 12.2 Å². The first-order valence-corrected chi connectivity index (χ1v) is 6.84. The molecule has 0 heterocycles. The van der Waals surface area contributed by atoms with E-state index in [9.17, 15) is 9.59 Å². The van der Waals surface area contributed by atoms with Crippen LogP contribution in [0, 0.1) is 0 Å². The molecule has 0 radical (unpaired) electrons. The topological polar surface area (TPSA) is 75.4 Å². The number of benzene rings is 1. The first kappa shape index (κ1) is 16.2. The SMILES string of the molecule is CCCCC(N)C(=O)Nc1ccc(C(=O)N(C)C)cc1. The highest BCUT2D eigenvalue weighted by molar-refractivity contribution is 5.96. The Hall–Kier alpha value is -1.88. The number of hydrogen-bond donors (Lipinski definition) is 2. The summed E-state index contributed by atoms with van der Waals surface area (Å²) in [6.07, 6.45) is 2.63. The van der Waals surface area contributed by atoms with Crippen molar-refractivity contribution in [3.05, 3.63) is 29.8 Å². The number of nitrogens with two attached hydrogens (primary N) is 1. The number of carbonyl (C=O) groups is 2. The van der Waals surface area contributed by atoms with Crippen LogP contribution in [0.5, 0.6) is 0 Å². The largest absolute Gasteiger partial charge is 0.345 e. The normalized spacial score (nSPS) is 11.8. The average Bonchev–Trinajstić information content (AvgIpc) is 2.44. The minimum Gasteiger partial charge on any atom is -0.345 e. The Labute approximate surface area is 120 Å². The van der Waals surface area contributed by atoms with Crippen molar-refractivity contribution in [2.45, 2.75) is 32.2 Å². The first-order chi connectivity index (χ1) is 9.45. The van der Waals surface area contributed by atoms with Crippen LogP contribution in [-0.2, 0) is 4.79 Å². The second kappa shape index (κ2) is 7.65. The fourth-order valence-electron chi connectivity index (χ4n) is 1.74. The molecule has 0 fully saturated rings. The lowest BCUT2D eigenvalue weighted by Crippen LogP contribution is -2.35. The third-order valence-electron chi connectivity index (χ3n) is 3.01. The van der Waals surface area contributed by atoms with E-state index in [1.54, 1.807) is 38.4 Å². The molecule has 1 rings (SSSR count). The van der Waals surface area contributed by atoms with Gasteiger partial charge in [-0.2, -0.15) is 0 Å². The van der Waals surface area contributed by atoms with Crippen LogP contribution in [0.3, 0.4) is 0 Å². The summed E-state index contributed by atoms with van der Waals surface area (Å²) in [5.41, 5.74) is 7.03. The van der Waals surface area contributed by atoms with Gasteiger partial charge < -0.3 is 16.0 Å². The van der Waals surface area contributed by atoms with E-state index in [-0.39, 0.29) is 11.8 Å². The van der Waals surface area contributed by atoms with Crippen LogP contribution in [0.15, 0.2) is 24.3 Å². The Balaban J connectivity index is 2.61. The summed E-state index contributed by atoms with van der Waals surface area (Å²) >= 11 is 0. The molecular formula is C15H23N3O2. The van der Waals surface area contributed by atoms with Crippen molar-refractivity contribution in [2.75, 3.05) is 19.4 Å². The van der Waals surface area contributed by atoms with Gasteiger partial charge in [-0.15, -0.1) is 0 Å². The smallest absolute Gasteiger partial charge is 0.253 e. The maximum Gasteiger partial charge on any atom is 0.253 e. The molecular weight excluding hydrogens is 254 g/mol. The molecule has 0 aliphatic heterocycles. The quantitative estimate of drug-likeness (QED) is 0.833. The van der Waals surface area contributed by atoms with Crippen molar-refractivity contribution in [2.24, 2.45) is 5.73 Å². The molecule has 0 aliphatic carbocycles. The predicted octanol–water partition coefficient (Wildman–Crippen LogP) is 1.84. The van der Waals surface area contributed by atoms with Gasteiger partial charge in [-0.05, 0) is 30.7 Å². The molecule has 0 saturated carbocycles. The van der Waals surface area contributed by atoms with Gasteiger partial charge in [-0.25, -0.2) is 0 Å². The van der Waals surface area contributed by atoms with Crippen molar-refractivity contribution in [1.82, 2.24) is 4.90 Å². The van der Waals surface area contributed by atoms with Gasteiger partial charge in [0.15, 0.2) is 0 Å². The molecule has 5 heteroatoms. The maximum atomic E-state index is 11.8. The molecule has 2 amide bonds. The molecule has 0 aromatic heterocycles. The van der Waals surface area contributed by atoms with Gasteiger partial charge in [-0.3, -0.25) is 9.59 Å². The number of unbranched alkanes of at least 4 members (excludes halogenated alkanes) is 1. The number of hydrogen-bond acceptors (Lipinski definition) is 3. The van der Waals surface area contributed by atoms with Crippen molar-refractivity contribution in [1.29, 1.82) is 0 Å². The standard InChI is InChI=1S/C15H23N3O2/c1-4-5-6-13(16)14(19)17-12-9-7-11(8-10-12)15(20)18(2)3/h7-10,13H,4-6,16H2,1-3H3,(H,17,19). The molecule has 110 valence electrons. The molecule has 1 unspecified atom stereocenters. The molecule has 0 bridgehead atoms. The van der Waals surface area contributed by atoms with Crippen molar-refractivity contribution >= 4 is 17.5 Å². The van der Waals surface area contributed by atoms with Crippen LogP contribution in [0.25, 0.3) is 0 Å². The highest BCUT2D eigenvalue weighted by atomic mass is 16.2. The molecule has 5 nitrogen and oxygen atoms in total. The summed E-state index contributed by atoms with van der Waals surface area (Å²) in [6, 6.07) is 6.31. The van der Waals surface area contributed by atoms with Gasteiger partial charge in [0.2, 0.25) is 5.91 Å². The lowest BCUT2D eigenvalue weighted by atomic mass is 10.1. The number of nitrogens with zero attached hydrogens (tertiary/aromatic N) is 1. The molecule has 3 N–H and O–H groups in total. The van der Waals surface area contributed by atoms with E-state index in [4.69, 9.17) is 5.73 Å². The Morgan fingerprint density at radius 1 is 1.25 bits per heavy atom. The second-order valence-electron chi connectivity index (χ2n) is 5.01. The number of rotatable bonds is 6. The molecule has 1 aromatic carbocycles. The minimum atomic E-state index is -0.488. The average molecular weight is 277 g/mol. The fourth-order valence-corrected chi connectivity index (χ4v) is 1.74. The van der Waals surface area contributed by atoms with Crippen molar-refractivity contribution in [3.63, 3.8) is 0 Å². The first-order valence-electron chi connectivity index (χ1n) is 6.84. The lowest BCUT2D eigenvalue weighted by Gasteiger charge is -2.13. The summed E-state index contributed by atoms with van der Waals surface area (Å²) in [4.78, 5) is 25.1. The van der Waals surface area contributed by atoms with Crippen LogP contribution >= 0.6 is 0 Å². The molecule has 0 spiro atoms. The van der Waals surface area contributed by atoms with E-state index in [0.29, 0.717) is 17.7 Å². The number of nitrogens with one attached hydrogen (secondary N) is 1. The summed E-state index contributed by atoms with van der Waals surface area (Å²) in [6.45, 7) is 2.06. The van der Waals surface area contributed by atoms with E-state index in [1.165, 1.54) is 4.90 Å². The van der Waals surface area contributed by atoms with Gasteiger partial charge in [0.05, 0.1) is 6.04 Å².